The standard InChI is InChI=1S/C22H23F3N4O2/c1-13-6-18-19(31-12-30-18)8-16(13)11-28-5-3-4-15(10-28)17-9-21-26-14(2)7-20(22(23,24)25)29(21)27-17/h6-9,15H,3-5,10-12H2,1-2H3/t15-/m1/s1. The number of aromatic nitrogens is 3. The van der Waals surface area contributed by atoms with E-state index in [0.29, 0.717) is 11.4 Å². The Bertz CT molecular complexity index is 1140. The summed E-state index contributed by atoms with van der Waals surface area (Å²) in [6.45, 7) is 6.27. The lowest BCUT2D eigenvalue weighted by atomic mass is 9.94. The van der Waals surface area contributed by atoms with Crippen LogP contribution in [0.3, 0.4) is 0 Å². The van der Waals surface area contributed by atoms with E-state index in [0.717, 1.165) is 65.7 Å². The van der Waals surface area contributed by atoms with Crippen molar-refractivity contribution in [2.24, 2.45) is 0 Å². The highest BCUT2D eigenvalue weighted by Gasteiger charge is 2.35. The van der Waals surface area contributed by atoms with Gasteiger partial charge in [-0.1, -0.05) is 0 Å². The molecule has 1 saturated heterocycles. The molecule has 5 rings (SSSR count). The number of hydrogen-bond acceptors (Lipinski definition) is 5. The van der Waals surface area contributed by atoms with E-state index in [9.17, 15) is 13.2 Å². The van der Waals surface area contributed by atoms with Crippen molar-refractivity contribution in [2.75, 3.05) is 19.9 Å². The third-order valence-corrected chi connectivity index (χ3v) is 6.01. The average Bonchev–Trinajstić information content (AvgIpc) is 3.33. The number of fused-ring (bicyclic) bond motifs is 2. The Labute approximate surface area is 177 Å². The topological polar surface area (TPSA) is 51.9 Å². The van der Waals surface area contributed by atoms with Crippen LogP contribution in [0.15, 0.2) is 24.3 Å². The largest absolute Gasteiger partial charge is 0.454 e. The van der Waals surface area contributed by atoms with E-state index in [2.05, 4.69) is 15.0 Å². The van der Waals surface area contributed by atoms with Crippen molar-refractivity contribution in [3.05, 3.63) is 52.5 Å². The molecule has 9 heteroatoms. The Morgan fingerprint density at radius 3 is 2.65 bits per heavy atom. The van der Waals surface area contributed by atoms with Gasteiger partial charge in [-0.3, -0.25) is 4.90 Å². The molecular weight excluding hydrogens is 409 g/mol. The van der Waals surface area contributed by atoms with Gasteiger partial charge < -0.3 is 9.47 Å². The van der Waals surface area contributed by atoms with Gasteiger partial charge in [0.2, 0.25) is 6.79 Å². The summed E-state index contributed by atoms with van der Waals surface area (Å²) < 4.78 is 52.3. The molecule has 0 spiro atoms. The average molecular weight is 432 g/mol. The van der Waals surface area contributed by atoms with Crippen LogP contribution in [0.1, 0.15) is 47.0 Å². The smallest absolute Gasteiger partial charge is 0.433 e. The Morgan fingerprint density at radius 2 is 1.87 bits per heavy atom. The number of piperidine rings is 1. The number of benzene rings is 1. The molecule has 0 amide bonds. The molecule has 4 heterocycles. The van der Waals surface area contributed by atoms with Crippen molar-refractivity contribution < 1.29 is 22.6 Å². The van der Waals surface area contributed by atoms with Crippen molar-refractivity contribution in [3.63, 3.8) is 0 Å². The minimum Gasteiger partial charge on any atom is -0.454 e. The van der Waals surface area contributed by atoms with E-state index in [-0.39, 0.29) is 18.4 Å². The Balaban J connectivity index is 1.39. The molecule has 0 bridgehead atoms. The lowest BCUT2D eigenvalue weighted by Crippen LogP contribution is -2.34. The number of aryl methyl sites for hydroxylation is 2. The van der Waals surface area contributed by atoms with E-state index in [1.54, 1.807) is 13.0 Å². The van der Waals surface area contributed by atoms with Crippen molar-refractivity contribution in [2.45, 2.75) is 45.3 Å². The Kier molecular flexibility index (Phi) is 4.80. The fraction of sp³-hybridized carbons (Fsp3) is 0.455. The van der Waals surface area contributed by atoms with Crippen LogP contribution >= 0.6 is 0 Å². The molecule has 0 saturated carbocycles. The molecule has 2 aromatic heterocycles. The molecule has 3 aromatic rings. The van der Waals surface area contributed by atoms with Crippen LogP contribution in [0.5, 0.6) is 11.5 Å². The second-order valence-corrected chi connectivity index (χ2v) is 8.33. The Morgan fingerprint density at radius 1 is 1.10 bits per heavy atom. The van der Waals surface area contributed by atoms with E-state index in [1.807, 2.05) is 19.1 Å². The van der Waals surface area contributed by atoms with Gasteiger partial charge >= 0.3 is 6.18 Å². The zero-order valence-electron chi connectivity index (χ0n) is 17.4. The lowest BCUT2D eigenvalue weighted by molar-refractivity contribution is -0.142. The highest BCUT2D eigenvalue weighted by atomic mass is 19.4. The summed E-state index contributed by atoms with van der Waals surface area (Å²) in [7, 11) is 0. The van der Waals surface area contributed by atoms with Gasteiger partial charge in [0.25, 0.3) is 0 Å². The van der Waals surface area contributed by atoms with Crippen molar-refractivity contribution in [1.82, 2.24) is 19.5 Å². The van der Waals surface area contributed by atoms with Crippen LogP contribution in [-0.4, -0.2) is 39.4 Å². The van der Waals surface area contributed by atoms with Crippen molar-refractivity contribution >= 4 is 5.65 Å². The first kappa shape index (κ1) is 20.1. The summed E-state index contributed by atoms with van der Waals surface area (Å²) in [6.07, 6.45) is -2.63. The number of halogens is 3. The molecule has 0 aliphatic carbocycles. The highest BCUT2D eigenvalue weighted by Crippen LogP contribution is 2.36. The van der Waals surface area contributed by atoms with Crippen LogP contribution in [0.4, 0.5) is 13.2 Å². The summed E-state index contributed by atoms with van der Waals surface area (Å²) in [5.41, 5.74) is 2.74. The molecule has 6 nitrogen and oxygen atoms in total. The molecule has 0 unspecified atom stereocenters. The number of rotatable bonds is 3. The second-order valence-electron chi connectivity index (χ2n) is 8.33. The monoisotopic (exact) mass is 432 g/mol. The van der Waals surface area contributed by atoms with Crippen LogP contribution in [-0.2, 0) is 12.7 Å². The predicted molar refractivity (Wildman–Crippen MR) is 107 cm³/mol. The first-order valence-corrected chi connectivity index (χ1v) is 10.3. The molecule has 2 aliphatic rings. The summed E-state index contributed by atoms with van der Waals surface area (Å²) in [6, 6.07) is 6.75. The first-order valence-electron chi connectivity index (χ1n) is 10.3. The van der Waals surface area contributed by atoms with Crippen LogP contribution in [0, 0.1) is 13.8 Å². The van der Waals surface area contributed by atoms with Crippen molar-refractivity contribution in [1.29, 1.82) is 0 Å². The van der Waals surface area contributed by atoms with Crippen LogP contribution in [0.2, 0.25) is 0 Å². The molecule has 0 N–H and O–H groups in total. The number of nitrogens with zero attached hydrogens (tertiary/aromatic N) is 4. The zero-order chi connectivity index (χ0) is 21.8. The summed E-state index contributed by atoms with van der Waals surface area (Å²) in [5.74, 6) is 1.59. The van der Waals surface area contributed by atoms with Crippen LogP contribution < -0.4 is 9.47 Å². The van der Waals surface area contributed by atoms with Crippen molar-refractivity contribution in [3.8, 4) is 11.5 Å². The maximum atomic E-state index is 13.5. The van der Waals surface area contributed by atoms with Gasteiger partial charge in [-0.15, -0.1) is 0 Å². The number of alkyl halides is 3. The fourth-order valence-electron chi connectivity index (χ4n) is 4.46. The highest BCUT2D eigenvalue weighted by molar-refractivity contribution is 5.48. The second kappa shape index (κ2) is 7.40. The van der Waals surface area contributed by atoms with Gasteiger partial charge in [0.05, 0.1) is 5.69 Å². The van der Waals surface area contributed by atoms with Gasteiger partial charge in [0.1, 0.15) is 5.69 Å². The minimum atomic E-state index is -4.48. The summed E-state index contributed by atoms with van der Waals surface area (Å²) in [4.78, 5) is 6.58. The molecule has 0 radical (unpaired) electrons. The SMILES string of the molecule is Cc1cc(C(F)(F)F)n2nc([C@@H]3CCCN(Cc4cc5c(cc4C)OCO5)C3)cc2n1. The molecule has 2 aliphatic heterocycles. The maximum Gasteiger partial charge on any atom is 0.433 e. The van der Waals surface area contributed by atoms with Gasteiger partial charge in [0.15, 0.2) is 17.1 Å². The fourth-order valence-corrected chi connectivity index (χ4v) is 4.46. The van der Waals surface area contributed by atoms with Gasteiger partial charge in [-0.05, 0) is 62.6 Å². The first-order chi connectivity index (χ1) is 14.8. The predicted octanol–water partition coefficient (Wildman–Crippen LogP) is 4.47. The molecule has 1 aromatic carbocycles. The van der Waals surface area contributed by atoms with E-state index in [4.69, 9.17) is 9.47 Å². The zero-order valence-corrected chi connectivity index (χ0v) is 17.4. The van der Waals surface area contributed by atoms with Gasteiger partial charge in [-0.2, -0.15) is 18.3 Å². The Hall–Kier alpha value is -2.81. The maximum absolute atomic E-state index is 13.5. The normalized spacial score (nSPS) is 19.3. The number of ether oxygens (including phenoxy) is 2. The third kappa shape index (κ3) is 3.82. The van der Waals surface area contributed by atoms with E-state index < -0.39 is 11.9 Å². The quantitative estimate of drug-likeness (QED) is 0.611. The number of likely N-dealkylation sites (tertiary alicyclic amines) is 1. The molecule has 31 heavy (non-hydrogen) atoms. The number of hydrogen-bond donors (Lipinski definition) is 0. The van der Waals surface area contributed by atoms with Gasteiger partial charge in [0, 0.05) is 30.8 Å². The molecule has 164 valence electrons. The minimum absolute atomic E-state index is 0.0613. The summed E-state index contributed by atoms with van der Waals surface area (Å²) >= 11 is 0. The summed E-state index contributed by atoms with van der Waals surface area (Å²) in [5, 5.41) is 4.32. The molecular formula is C22H23F3N4O2. The van der Waals surface area contributed by atoms with E-state index in [1.165, 1.54) is 0 Å². The van der Waals surface area contributed by atoms with Gasteiger partial charge in [-0.25, -0.2) is 9.50 Å². The van der Waals surface area contributed by atoms with E-state index >= 15 is 0 Å². The lowest BCUT2D eigenvalue weighted by Gasteiger charge is -2.32. The molecule has 1 fully saturated rings. The third-order valence-electron chi connectivity index (χ3n) is 6.01. The van der Waals surface area contributed by atoms with Crippen LogP contribution in [0.25, 0.3) is 5.65 Å². The molecule has 1 atom stereocenters.